The Balaban J connectivity index is 2.05. The van der Waals surface area contributed by atoms with Crippen molar-refractivity contribution < 1.29 is 4.79 Å². The minimum Gasteiger partial charge on any atom is -0.347 e. The molecule has 0 saturated heterocycles. The van der Waals surface area contributed by atoms with Crippen LogP contribution in [0.5, 0.6) is 0 Å². The molecule has 1 aromatic heterocycles. The van der Waals surface area contributed by atoms with E-state index in [0.717, 1.165) is 24.1 Å². The number of aryl methyl sites for hydroxylation is 2. The van der Waals surface area contributed by atoms with Gasteiger partial charge < -0.3 is 11.1 Å². The number of amides is 1. The molecule has 1 saturated carbocycles. The highest BCUT2D eigenvalue weighted by molar-refractivity contribution is 7.14. The molecule has 4 heteroatoms. The first-order valence-corrected chi connectivity index (χ1v) is 8.13. The van der Waals surface area contributed by atoms with Crippen LogP contribution in [0.25, 0.3) is 0 Å². The monoisotopic (exact) mass is 280 g/mol. The molecule has 1 fully saturated rings. The summed E-state index contributed by atoms with van der Waals surface area (Å²) in [6.45, 7) is 4.87. The number of carbonyl (C=O) groups is 1. The first kappa shape index (κ1) is 14.5. The zero-order valence-electron chi connectivity index (χ0n) is 11.9. The predicted molar refractivity (Wildman–Crippen MR) is 80.7 cm³/mol. The van der Waals surface area contributed by atoms with E-state index in [-0.39, 0.29) is 11.9 Å². The van der Waals surface area contributed by atoms with Crippen molar-refractivity contribution in [2.45, 2.75) is 52.0 Å². The van der Waals surface area contributed by atoms with Crippen LogP contribution in [0.1, 0.15) is 53.2 Å². The molecule has 0 spiro atoms. The molecule has 1 heterocycles. The van der Waals surface area contributed by atoms with Crippen LogP contribution in [-0.4, -0.2) is 18.5 Å². The Hall–Kier alpha value is -0.870. The normalized spacial score (nSPS) is 16.4. The quantitative estimate of drug-likeness (QED) is 0.807. The number of hydrogen-bond donors (Lipinski definition) is 2. The fourth-order valence-electron chi connectivity index (χ4n) is 2.42. The van der Waals surface area contributed by atoms with Crippen molar-refractivity contribution in [3.63, 3.8) is 0 Å². The molecule has 0 aliphatic heterocycles. The summed E-state index contributed by atoms with van der Waals surface area (Å²) in [5.74, 6) is 0.666. The van der Waals surface area contributed by atoms with Gasteiger partial charge in [0.05, 0.1) is 4.88 Å². The lowest BCUT2D eigenvalue weighted by atomic mass is 10.1. The summed E-state index contributed by atoms with van der Waals surface area (Å²) in [6, 6.07) is 2.22. The number of rotatable bonds is 7. The molecule has 2 rings (SSSR count). The van der Waals surface area contributed by atoms with Crippen LogP contribution >= 0.6 is 11.3 Å². The third-order valence-electron chi connectivity index (χ3n) is 3.74. The van der Waals surface area contributed by atoms with Gasteiger partial charge in [0.15, 0.2) is 0 Å². The maximum Gasteiger partial charge on any atom is 0.261 e. The first-order chi connectivity index (χ1) is 9.19. The summed E-state index contributed by atoms with van der Waals surface area (Å²) in [4.78, 5) is 14.5. The van der Waals surface area contributed by atoms with Crippen LogP contribution in [0.4, 0.5) is 0 Å². The Morgan fingerprint density at radius 1 is 1.53 bits per heavy atom. The zero-order valence-corrected chi connectivity index (χ0v) is 12.7. The van der Waals surface area contributed by atoms with E-state index in [2.05, 4.69) is 25.2 Å². The average Bonchev–Trinajstić information content (AvgIpc) is 3.17. The van der Waals surface area contributed by atoms with Gasteiger partial charge in [-0.25, -0.2) is 0 Å². The lowest BCUT2D eigenvalue weighted by molar-refractivity contribution is 0.0937. The molecule has 1 unspecified atom stereocenters. The SMILES string of the molecule is CCCc1sc(C(=O)NC(CN)C2CC2)cc1CC. The number of thiophene rings is 1. The highest BCUT2D eigenvalue weighted by Crippen LogP contribution is 2.32. The van der Waals surface area contributed by atoms with Crippen LogP contribution in [0, 0.1) is 5.92 Å². The van der Waals surface area contributed by atoms with E-state index in [1.165, 1.54) is 23.3 Å². The van der Waals surface area contributed by atoms with Crippen LogP contribution < -0.4 is 11.1 Å². The molecular weight excluding hydrogens is 256 g/mol. The van der Waals surface area contributed by atoms with Crippen molar-refractivity contribution in [3.8, 4) is 0 Å². The fraction of sp³-hybridized carbons (Fsp3) is 0.667. The van der Waals surface area contributed by atoms with E-state index in [0.29, 0.717) is 12.5 Å². The fourth-order valence-corrected chi connectivity index (χ4v) is 3.68. The Labute approximate surface area is 119 Å². The molecule has 0 aromatic carbocycles. The standard InChI is InChI=1S/C15H24N2OS/c1-3-5-13-10(4-2)8-14(19-13)15(18)17-12(9-16)11-6-7-11/h8,11-12H,3-7,9,16H2,1-2H3,(H,17,18). The van der Waals surface area contributed by atoms with E-state index in [1.807, 2.05) is 0 Å². The minimum absolute atomic E-state index is 0.0596. The smallest absolute Gasteiger partial charge is 0.261 e. The Bertz CT molecular complexity index is 437. The molecule has 1 atom stereocenters. The van der Waals surface area contributed by atoms with Crippen LogP contribution in [-0.2, 0) is 12.8 Å². The molecule has 0 bridgehead atoms. The largest absolute Gasteiger partial charge is 0.347 e. The van der Waals surface area contributed by atoms with Crippen LogP contribution in [0.15, 0.2) is 6.07 Å². The van der Waals surface area contributed by atoms with Crippen LogP contribution in [0.3, 0.4) is 0 Å². The summed E-state index contributed by atoms with van der Waals surface area (Å²) >= 11 is 1.65. The van der Waals surface area contributed by atoms with Crippen LogP contribution in [0.2, 0.25) is 0 Å². The van der Waals surface area contributed by atoms with E-state index < -0.39 is 0 Å². The second-order valence-corrected chi connectivity index (χ2v) is 6.45. The van der Waals surface area contributed by atoms with E-state index in [4.69, 9.17) is 5.73 Å². The molecule has 19 heavy (non-hydrogen) atoms. The van der Waals surface area contributed by atoms with Gasteiger partial charge in [0.2, 0.25) is 0 Å². The maximum absolute atomic E-state index is 12.3. The minimum atomic E-state index is 0.0596. The van der Waals surface area contributed by atoms with Crippen molar-refractivity contribution in [1.82, 2.24) is 5.32 Å². The van der Waals surface area contributed by atoms with E-state index >= 15 is 0 Å². The second-order valence-electron chi connectivity index (χ2n) is 5.32. The van der Waals surface area contributed by atoms with E-state index in [9.17, 15) is 4.79 Å². The van der Waals surface area contributed by atoms with Gasteiger partial charge in [0.25, 0.3) is 5.91 Å². The van der Waals surface area contributed by atoms with Gasteiger partial charge in [-0.3, -0.25) is 4.79 Å². The zero-order chi connectivity index (χ0) is 13.8. The van der Waals surface area contributed by atoms with Crippen molar-refractivity contribution >= 4 is 17.2 Å². The predicted octanol–water partition coefficient (Wildman–Crippen LogP) is 2.73. The second kappa shape index (κ2) is 6.53. The molecule has 3 N–H and O–H groups in total. The van der Waals surface area contributed by atoms with Gasteiger partial charge in [-0.05, 0) is 43.2 Å². The van der Waals surface area contributed by atoms with E-state index in [1.54, 1.807) is 11.3 Å². The van der Waals surface area contributed by atoms with Crippen molar-refractivity contribution in [2.24, 2.45) is 11.7 Å². The number of nitrogens with two attached hydrogens (primary N) is 1. The number of nitrogens with one attached hydrogen (secondary N) is 1. The molecule has 106 valence electrons. The third-order valence-corrected chi connectivity index (χ3v) is 4.98. The summed E-state index contributed by atoms with van der Waals surface area (Å²) < 4.78 is 0. The third kappa shape index (κ3) is 3.57. The molecule has 1 aliphatic rings. The summed E-state index contributed by atoms with van der Waals surface area (Å²) in [7, 11) is 0. The lowest BCUT2D eigenvalue weighted by Crippen LogP contribution is -2.41. The summed E-state index contributed by atoms with van der Waals surface area (Å²) in [6.07, 6.45) is 5.61. The molecule has 1 aliphatic carbocycles. The van der Waals surface area contributed by atoms with Gasteiger partial charge in [-0.15, -0.1) is 11.3 Å². The topological polar surface area (TPSA) is 55.1 Å². The molecule has 0 radical (unpaired) electrons. The number of carbonyl (C=O) groups excluding carboxylic acids is 1. The van der Waals surface area contributed by atoms with Crippen molar-refractivity contribution in [1.29, 1.82) is 0 Å². The Kier molecular flexibility index (Phi) is 4.99. The van der Waals surface area contributed by atoms with Gasteiger partial charge in [0, 0.05) is 17.5 Å². The molecule has 3 nitrogen and oxygen atoms in total. The molecule has 1 amide bonds. The summed E-state index contributed by atoms with van der Waals surface area (Å²) in [5, 5.41) is 3.10. The van der Waals surface area contributed by atoms with Crippen molar-refractivity contribution in [2.75, 3.05) is 6.54 Å². The number of hydrogen-bond acceptors (Lipinski definition) is 3. The average molecular weight is 280 g/mol. The van der Waals surface area contributed by atoms with Gasteiger partial charge >= 0.3 is 0 Å². The van der Waals surface area contributed by atoms with Gasteiger partial charge in [-0.2, -0.15) is 0 Å². The maximum atomic E-state index is 12.3. The molecular formula is C15H24N2OS. The van der Waals surface area contributed by atoms with Crippen molar-refractivity contribution in [3.05, 3.63) is 21.4 Å². The first-order valence-electron chi connectivity index (χ1n) is 7.32. The highest BCUT2D eigenvalue weighted by atomic mass is 32.1. The van der Waals surface area contributed by atoms with Gasteiger partial charge in [-0.1, -0.05) is 20.3 Å². The molecule has 1 aromatic rings. The highest BCUT2D eigenvalue weighted by Gasteiger charge is 2.31. The Morgan fingerprint density at radius 2 is 2.26 bits per heavy atom. The lowest BCUT2D eigenvalue weighted by Gasteiger charge is -2.15. The van der Waals surface area contributed by atoms with Gasteiger partial charge in [0.1, 0.15) is 0 Å². The Morgan fingerprint density at radius 3 is 2.79 bits per heavy atom. The summed E-state index contributed by atoms with van der Waals surface area (Å²) in [5.41, 5.74) is 7.06.